The highest BCUT2D eigenvalue weighted by Gasteiger charge is 2.51. The van der Waals surface area contributed by atoms with Gasteiger partial charge in [0.1, 0.15) is 0 Å². The second kappa shape index (κ2) is 6.48. The number of hydrogen-bond donors (Lipinski definition) is 0. The van der Waals surface area contributed by atoms with Crippen LogP contribution in [0.1, 0.15) is 25.7 Å². The normalized spacial score (nSPS) is 22.1. The van der Waals surface area contributed by atoms with E-state index >= 15 is 0 Å². The van der Waals surface area contributed by atoms with Crippen LogP contribution in [0.5, 0.6) is 0 Å². The molecule has 0 spiro atoms. The average molecular weight is 288 g/mol. The molecule has 1 aliphatic heterocycles. The summed E-state index contributed by atoms with van der Waals surface area (Å²) in [5, 5.41) is 0. The summed E-state index contributed by atoms with van der Waals surface area (Å²) < 4.78 is 78.7. The zero-order chi connectivity index (χ0) is 14.5. The molecule has 1 heterocycles. The van der Waals surface area contributed by atoms with Gasteiger partial charge in [-0.05, 0) is 31.3 Å². The Hall–Kier alpha value is -0.940. The van der Waals surface area contributed by atoms with Crippen LogP contribution in [-0.4, -0.2) is 25.6 Å². The summed E-state index contributed by atoms with van der Waals surface area (Å²) >= 11 is 0. The lowest BCUT2D eigenvalue weighted by molar-refractivity contribution is -0.171. The lowest BCUT2D eigenvalue weighted by Gasteiger charge is -2.16. The zero-order valence-corrected chi connectivity index (χ0v) is 10.1. The van der Waals surface area contributed by atoms with Crippen molar-refractivity contribution in [2.45, 2.75) is 38.0 Å². The highest BCUT2D eigenvalue weighted by atomic mass is 19.4. The Labute approximate surface area is 106 Å². The summed E-state index contributed by atoms with van der Waals surface area (Å²) in [6, 6.07) is 0. The van der Waals surface area contributed by atoms with Crippen LogP contribution < -0.4 is 0 Å². The molecular formula is C12H14F6O. The van der Waals surface area contributed by atoms with Crippen molar-refractivity contribution in [2.24, 2.45) is 5.92 Å². The van der Waals surface area contributed by atoms with E-state index in [1.807, 2.05) is 0 Å². The molecule has 0 aromatic rings. The molecule has 1 fully saturated rings. The van der Waals surface area contributed by atoms with Gasteiger partial charge in [-0.3, -0.25) is 0 Å². The molecule has 0 amide bonds. The topological polar surface area (TPSA) is 9.23 Å². The first-order chi connectivity index (χ1) is 8.71. The van der Waals surface area contributed by atoms with E-state index in [2.05, 4.69) is 0 Å². The van der Waals surface area contributed by atoms with E-state index in [1.54, 1.807) is 0 Å². The van der Waals surface area contributed by atoms with Gasteiger partial charge in [-0.1, -0.05) is 6.42 Å². The lowest BCUT2D eigenvalue weighted by atomic mass is 9.97. The lowest BCUT2D eigenvalue weighted by Crippen LogP contribution is -2.25. The maximum absolute atomic E-state index is 12.3. The van der Waals surface area contributed by atoms with Crippen LogP contribution in [0.15, 0.2) is 17.4 Å². The fourth-order valence-electron chi connectivity index (χ4n) is 1.78. The van der Waals surface area contributed by atoms with Gasteiger partial charge in [-0.15, -0.1) is 5.73 Å². The van der Waals surface area contributed by atoms with E-state index in [4.69, 9.17) is 4.74 Å². The third-order valence-corrected chi connectivity index (χ3v) is 2.78. The van der Waals surface area contributed by atoms with Gasteiger partial charge in [0.15, 0.2) is 5.57 Å². The summed E-state index contributed by atoms with van der Waals surface area (Å²) in [4.78, 5) is 0. The Morgan fingerprint density at radius 1 is 0.947 bits per heavy atom. The number of halogens is 6. The molecule has 1 unspecified atom stereocenters. The minimum Gasteiger partial charge on any atom is -0.381 e. The molecule has 1 atom stereocenters. The Morgan fingerprint density at radius 3 is 2.16 bits per heavy atom. The van der Waals surface area contributed by atoms with Crippen molar-refractivity contribution in [3.8, 4) is 0 Å². The second-order valence-corrected chi connectivity index (χ2v) is 4.34. The first-order valence-corrected chi connectivity index (χ1v) is 5.90. The summed E-state index contributed by atoms with van der Waals surface area (Å²) in [6.45, 7) is 0.929. The number of hydrogen-bond acceptors (Lipinski definition) is 1. The van der Waals surface area contributed by atoms with E-state index in [0.29, 0.717) is 26.1 Å². The minimum absolute atomic E-state index is 0.343. The van der Waals surface area contributed by atoms with E-state index in [-0.39, 0.29) is 5.92 Å². The third-order valence-electron chi connectivity index (χ3n) is 2.78. The molecular weight excluding hydrogens is 274 g/mol. The molecule has 0 bridgehead atoms. The monoisotopic (exact) mass is 288 g/mol. The molecule has 0 aliphatic carbocycles. The molecule has 0 aromatic heterocycles. The van der Waals surface area contributed by atoms with Crippen molar-refractivity contribution in [2.75, 3.05) is 13.2 Å². The van der Waals surface area contributed by atoms with E-state index in [0.717, 1.165) is 18.9 Å². The molecule has 1 aliphatic rings. The Bertz CT molecular complexity index is 324. The fraction of sp³-hybridized carbons (Fsp3) is 0.750. The van der Waals surface area contributed by atoms with Crippen molar-refractivity contribution >= 4 is 0 Å². The predicted octanol–water partition coefficient (Wildman–Crippen LogP) is 4.40. The van der Waals surface area contributed by atoms with Gasteiger partial charge < -0.3 is 4.74 Å². The summed E-state index contributed by atoms with van der Waals surface area (Å²) in [5.74, 6) is -0.361. The van der Waals surface area contributed by atoms with Gasteiger partial charge in [0.05, 0.1) is 0 Å². The van der Waals surface area contributed by atoms with E-state index in [1.165, 1.54) is 5.73 Å². The quantitative estimate of drug-likeness (QED) is 0.513. The number of ether oxygens (including phenoxy) is 1. The van der Waals surface area contributed by atoms with Gasteiger partial charge in [0.25, 0.3) is 0 Å². The Morgan fingerprint density at radius 2 is 1.58 bits per heavy atom. The molecule has 110 valence electrons. The number of allylic oxidation sites excluding steroid dienone is 1. The first kappa shape index (κ1) is 16.1. The SMILES string of the molecule is FC(F)(F)C(=C=CC1CCCCOCC1)C(F)(F)F. The van der Waals surface area contributed by atoms with Crippen LogP contribution in [0.3, 0.4) is 0 Å². The molecule has 7 heteroatoms. The van der Waals surface area contributed by atoms with Crippen LogP contribution in [0, 0.1) is 5.92 Å². The Balaban J connectivity index is 2.90. The predicted molar refractivity (Wildman–Crippen MR) is 56.5 cm³/mol. The summed E-state index contributed by atoms with van der Waals surface area (Å²) in [7, 11) is 0. The molecule has 1 saturated heterocycles. The van der Waals surface area contributed by atoms with Gasteiger partial charge in [0, 0.05) is 13.2 Å². The standard InChI is InChI=1S/C12H14F6O/c13-11(14,15)10(12(16,17)18)5-4-9-3-1-2-7-19-8-6-9/h4,9H,1-3,6-8H2. The minimum atomic E-state index is -5.44. The molecule has 1 nitrogen and oxygen atoms in total. The first-order valence-electron chi connectivity index (χ1n) is 5.90. The van der Waals surface area contributed by atoms with Crippen LogP contribution in [0.25, 0.3) is 0 Å². The molecule has 19 heavy (non-hydrogen) atoms. The molecule has 0 aromatic carbocycles. The van der Waals surface area contributed by atoms with E-state index in [9.17, 15) is 26.3 Å². The van der Waals surface area contributed by atoms with Crippen molar-refractivity contribution < 1.29 is 31.1 Å². The summed E-state index contributed by atoms with van der Waals surface area (Å²) in [6.07, 6.45) is -7.55. The Kier molecular flexibility index (Phi) is 5.50. The van der Waals surface area contributed by atoms with Gasteiger partial charge in [0.2, 0.25) is 0 Å². The molecule has 0 saturated carbocycles. The maximum atomic E-state index is 12.3. The summed E-state index contributed by atoms with van der Waals surface area (Å²) in [5.41, 5.74) is -1.18. The van der Waals surface area contributed by atoms with Crippen LogP contribution in [0.4, 0.5) is 26.3 Å². The van der Waals surface area contributed by atoms with Gasteiger partial charge >= 0.3 is 12.4 Å². The highest BCUT2D eigenvalue weighted by Crippen LogP contribution is 2.37. The van der Waals surface area contributed by atoms with Crippen molar-refractivity contribution in [3.05, 3.63) is 17.4 Å². The van der Waals surface area contributed by atoms with Crippen LogP contribution >= 0.6 is 0 Å². The largest absolute Gasteiger partial charge is 0.428 e. The van der Waals surface area contributed by atoms with Crippen molar-refractivity contribution in [1.82, 2.24) is 0 Å². The van der Waals surface area contributed by atoms with Crippen molar-refractivity contribution in [1.29, 1.82) is 0 Å². The van der Waals surface area contributed by atoms with Crippen LogP contribution in [0.2, 0.25) is 0 Å². The molecule has 0 radical (unpaired) electrons. The average Bonchev–Trinajstić information content (AvgIpc) is 2.16. The smallest absolute Gasteiger partial charge is 0.381 e. The molecule has 1 rings (SSSR count). The van der Waals surface area contributed by atoms with Gasteiger partial charge in [-0.25, -0.2) is 0 Å². The third kappa shape index (κ3) is 5.70. The zero-order valence-electron chi connectivity index (χ0n) is 10.1. The molecule has 0 N–H and O–H groups in total. The number of rotatable bonds is 1. The highest BCUT2D eigenvalue weighted by molar-refractivity contribution is 5.15. The van der Waals surface area contributed by atoms with E-state index < -0.39 is 17.9 Å². The second-order valence-electron chi connectivity index (χ2n) is 4.34. The van der Waals surface area contributed by atoms with Crippen LogP contribution in [-0.2, 0) is 4.74 Å². The van der Waals surface area contributed by atoms with Crippen molar-refractivity contribution in [3.63, 3.8) is 0 Å². The fourth-order valence-corrected chi connectivity index (χ4v) is 1.78. The van der Waals surface area contributed by atoms with Gasteiger partial charge in [-0.2, -0.15) is 26.3 Å². The maximum Gasteiger partial charge on any atom is 0.428 e. The number of alkyl halides is 6.